The Hall–Kier alpha value is -2.60. The summed E-state index contributed by atoms with van der Waals surface area (Å²) >= 11 is 6.31. The minimum absolute atomic E-state index is 0.306. The molecule has 1 aliphatic heterocycles. The molecule has 2 aromatic rings. The molecule has 0 radical (unpaired) electrons. The summed E-state index contributed by atoms with van der Waals surface area (Å²) in [6.45, 7) is 6.09. The van der Waals surface area contributed by atoms with E-state index < -0.39 is 0 Å². The van der Waals surface area contributed by atoms with Gasteiger partial charge in [-0.2, -0.15) is 0 Å². The minimum Gasteiger partial charge on any atom is -0.490 e. The SMILES string of the molecule is CCCOc1ccc(C(=O)Nc2cc3c(cc2Cl)OCCCO3)cc1OCC. The van der Waals surface area contributed by atoms with Crippen LogP contribution in [0, 0.1) is 0 Å². The number of anilines is 1. The minimum atomic E-state index is -0.306. The van der Waals surface area contributed by atoms with Crippen molar-refractivity contribution in [3.05, 3.63) is 40.9 Å². The van der Waals surface area contributed by atoms with Crippen LogP contribution in [-0.4, -0.2) is 32.3 Å². The van der Waals surface area contributed by atoms with Crippen LogP contribution in [0.5, 0.6) is 23.0 Å². The van der Waals surface area contributed by atoms with Gasteiger partial charge >= 0.3 is 0 Å². The zero-order valence-electron chi connectivity index (χ0n) is 16.0. The molecule has 7 heteroatoms. The Labute approximate surface area is 169 Å². The molecule has 1 N–H and O–H groups in total. The Morgan fingerprint density at radius 1 is 1.07 bits per heavy atom. The molecular formula is C21H24ClNO5. The molecule has 150 valence electrons. The van der Waals surface area contributed by atoms with E-state index in [1.807, 2.05) is 13.8 Å². The fourth-order valence-corrected chi connectivity index (χ4v) is 2.92. The van der Waals surface area contributed by atoms with E-state index in [0.717, 1.165) is 12.8 Å². The number of hydrogen-bond donors (Lipinski definition) is 1. The third kappa shape index (κ3) is 4.81. The van der Waals surface area contributed by atoms with Gasteiger partial charge in [0.25, 0.3) is 5.91 Å². The average Bonchev–Trinajstić information content (AvgIpc) is 2.92. The van der Waals surface area contributed by atoms with Gasteiger partial charge in [0.15, 0.2) is 23.0 Å². The molecule has 1 amide bonds. The molecule has 1 heterocycles. The summed E-state index contributed by atoms with van der Waals surface area (Å²) < 4.78 is 22.6. The van der Waals surface area contributed by atoms with Crippen LogP contribution in [0.1, 0.15) is 37.0 Å². The van der Waals surface area contributed by atoms with Gasteiger partial charge in [-0.3, -0.25) is 4.79 Å². The number of ether oxygens (including phenoxy) is 4. The molecule has 6 nitrogen and oxygen atoms in total. The third-order valence-corrected chi connectivity index (χ3v) is 4.37. The van der Waals surface area contributed by atoms with Gasteiger partial charge in [0.1, 0.15) is 0 Å². The molecule has 0 unspecified atom stereocenters. The van der Waals surface area contributed by atoms with E-state index in [2.05, 4.69) is 5.32 Å². The monoisotopic (exact) mass is 405 g/mol. The molecule has 3 rings (SSSR count). The summed E-state index contributed by atoms with van der Waals surface area (Å²) in [6.07, 6.45) is 1.68. The number of carbonyl (C=O) groups excluding carboxylic acids is 1. The first kappa shape index (κ1) is 20.1. The number of carbonyl (C=O) groups is 1. The van der Waals surface area contributed by atoms with Gasteiger partial charge in [0.2, 0.25) is 0 Å². The van der Waals surface area contributed by atoms with E-state index in [-0.39, 0.29) is 5.91 Å². The summed E-state index contributed by atoms with van der Waals surface area (Å²) in [5.74, 6) is 1.99. The molecule has 0 bridgehead atoms. The molecule has 28 heavy (non-hydrogen) atoms. The third-order valence-electron chi connectivity index (χ3n) is 4.05. The maximum Gasteiger partial charge on any atom is 0.255 e. The zero-order valence-corrected chi connectivity index (χ0v) is 16.8. The van der Waals surface area contributed by atoms with Crippen molar-refractivity contribution in [3.63, 3.8) is 0 Å². The average molecular weight is 406 g/mol. The van der Waals surface area contributed by atoms with E-state index in [0.29, 0.717) is 65.7 Å². The quantitative estimate of drug-likeness (QED) is 0.706. The number of rotatable bonds is 7. The van der Waals surface area contributed by atoms with Crippen molar-refractivity contribution < 1.29 is 23.7 Å². The summed E-state index contributed by atoms with van der Waals surface area (Å²) in [7, 11) is 0. The lowest BCUT2D eigenvalue weighted by Crippen LogP contribution is -2.13. The van der Waals surface area contributed by atoms with E-state index in [9.17, 15) is 4.79 Å². The normalized spacial score (nSPS) is 12.8. The van der Waals surface area contributed by atoms with Crippen LogP contribution in [0.4, 0.5) is 5.69 Å². The van der Waals surface area contributed by atoms with Crippen molar-refractivity contribution in [2.75, 3.05) is 31.7 Å². The lowest BCUT2D eigenvalue weighted by Gasteiger charge is -2.14. The predicted molar refractivity (Wildman–Crippen MR) is 108 cm³/mol. The largest absolute Gasteiger partial charge is 0.490 e. The molecule has 1 aliphatic rings. The maximum atomic E-state index is 12.7. The molecule has 0 saturated carbocycles. The number of benzene rings is 2. The summed E-state index contributed by atoms with van der Waals surface area (Å²) in [5.41, 5.74) is 0.899. The number of amides is 1. The van der Waals surface area contributed by atoms with E-state index in [4.69, 9.17) is 30.5 Å². The van der Waals surface area contributed by atoms with Crippen LogP contribution < -0.4 is 24.3 Å². The zero-order chi connectivity index (χ0) is 19.9. The Kier molecular flexibility index (Phi) is 6.87. The number of hydrogen-bond acceptors (Lipinski definition) is 5. The molecule has 2 aromatic carbocycles. The molecule has 0 saturated heterocycles. The first-order chi connectivity index (χ1) is 13.6. The summed E-state index contributed by atoms with van der Waals surface area (Å²) in [5, 5.41) is 3.21. The molecule has 0 atom stereocenters. The van der Waals surface area contributed by atoms with Gasteiger partial charge in [-0.1, -0.05) is 18.5 Å². The van der Waals surface area contributed by atoms with Crippen LogP contribution in [0.2, 0.25) is 5.02 Å². The van der Waals surface area contributed by atoms with Crippen LogP contribution in [0.3, 0.4) is 0 Å². The van der Waals surface area contributed by atoms with Crippen molar-refractivity contribution in [1.29, 1.82) is 0 Å². The van der Waals surface area contributed by atoms with Crippen molar-refractivity contribution >= 4 is 23.2 Å². The van der Waals surface area contributed by atoms with Crippen LogP contribution >= 0.6 is 11.6 Å². The van der Waals surface area contributed by atoms with Crippen LogP contribution in [0.15, 0.2) is 30.3 Å². The van der Waals surface area contributed by atoms with Crippen LogP contribution in [0.25, 0.3) is 0 Å². The lowest BCUT2D eigenvalue weighted by molar-refractivity contribution is 0.102. The van der Waals surface area contributed by atoms with Crippen molar-refractivity contribution in [1.82, 2.24) is 0 Å². The predicted octanol–water partition coefficient (Wildman–Crippen LogP) is 4.94. The van der Waals surface area contributed by atoms with Crippen LogP contribution in [-0.2, 0) is 0 Å². The number of fused-ring (bicyclic) bond motifs is 1. The van der Waals surface area contributed by atoms with E-state index >= 15 is 0 Å². The van der Waals surface area contributed by atoms with Gasteiger partial charge in [0.05, 0.1) is 37.1 Å². The molecule has 0 spiro atoms. The standard InChI is InChI=1S/C21H24ClNO5/c1-3-8-26-17-7-6-14(11-18(17)25-4-2)21(24)23-16-13-20-19(12-15(16)22)27-9-5-10-28-20/h6-7,11-13H,3-5,8-10H2,1-2H3,(H,23,24). The Balaban J connectivity index is 1.81. The first-order valence-electron chi connectivity index (χ1n) is 9.42. The number of nitrogens with one attached hydrogen (secondary N) is 1. The first-order valence-corrected chi connectivity index (χ1v) is 9.80. The highest BCUT2D eigenvalue weighted by atomic mass is 35.5. The van der Waals surface area contributed by atoms with Crippen molar-refractivity contribution in [2.24, 2.45) is 0 Å². The molecule has 0 fully saturated rings. The van der Waals surface area contributed by atoms with Gasteiger partial charge in [-0.15, -0.1) is 0 Å². The van der Waals surface area contributed by atoms with E-state index in [1.165, 1.54) is 0 Å². The van der Waals surface area contributed by atoms with Crippen molar-refractivity contribution in [3.8, 4) is 23.0 Å². The van der Waals surface area contributed by atoms with Gasteiger partial charge in [0, 0.05) is 24.1 Å². The molecular weight excluding hydrogens is 382 g/mol. The van der Waals surface area contributed by atoms with Gasteiger partial charge in [-0.05, 0) is 31.5 Å². The second-order valence-corrected chi connectivity index (χ2v) is 6.63. The Bertz CT molecular complexity index is 840. The number of halogens is 1. The smallest absolute Gasteiger partial charge is 0.255 e. The highest BCUT2D eigenvalue weighted by molar-refractivity contribution is 6.34. The van der Waals surface area contributed by atoms with Gasteiger partial charge < -0.3 is 24.3 Å². The fourth-order valence-electron chi connectivity index (χ4n) is 2.72. The Morgan fingerprint density at radius 2 is 1.82 bits per heavy atom. The highest BCUT2D eigenvalue weighted by Gasteiger charge is 2.17. The van der Waals surface area contributed by atoms with E-state index in [1.54, 1.807) is 30.3 Å². The molecule has 0 aromatic heterocycles. The molecule has 0 aliphatic carbocycles. The summed E-state index contributed by atoms with van der Waals surface area (Å²) in [6, 6.07) is 8.44. The second-order valence-electron chi connectivity index (χ2n) is 6.23. The highest BCUT2D eigenvalue weighted by Crippen LogP contribution is 2.38. The topological polar surface area (TPSA) is 66.0 Å². The summed E-state index contributed by atoms with van der Waals surface area (Å²) in [4.78, 5) is 12.7. The van der Waals surface area contributed by atoms with Gasteiger partial charge in [-0.25, -0.2) is 0 Å². The van der Waals surface area contributed by atoms with Crippen molar-refractivity contribution in [2.45, 2.75) is 26.7 Å². The maximum absolute atomic E-state index is 12.7. The Morgan fingerprint density at radius 3 is 2.54 bits per heavy atom. The lowest BCUT2D eigenvalue weighted by atomic mass is 10.1. The fraction of sp³-hybridized carbons (Fsp3) is 0.381. The second kappa shape index (κ2) is 9.55.